The van der Waals surface area contributed by atoms with Crippen LogP contribution in [0.15, 0.2) is 72.9 Å². The van der Waals surface area contributed by atoms with E-state index in [1.165, 1.54) is 7.11 Å². The molecule has 3 heterocycles. The number of pyridine rings is 1. The van der Waals surface area contributed by atoms with Gasteiger partial charge in [0.15, 0.2) is 5.11 Å². The smallest absolute Gasteiger partial charge is 0.229 e. The van der Waals surface area contributed by atoms with Crippen LogP contribution < -0.4 is 19.7 Å². The van der Waals surface area contributed by atoms with Crippen LogP contribution in [0.4, 0.5) is 11.4 Å². The Morgan fingerprint density at radius 1 is 1.05 bits per heavy atom. The average Bonchev–Trinajstić information content (AvgIpc) is 3.39. The molecule has 39 heavy (non-hydrogen) atoms. The number of benzene rings is 2. The molecule has 0 unspecified atom stereocenters. The number of aromatic nitrogens is 2. The second-order valence-electron chi connectivity index (χ2n) is 9.39. The lowest BCUT2D eigenvalue weighted by atomic mass is 9.96. The number of ether oxygens (including phenoxy) is 1. The van der Waals surface area contributed by atoms with Gasteiger partial charge in [-0.15, -0.1) is 0 Å². The highest BCUT2D eigenvalue weighted by Crippen LogP contribution is 2.45. The van der Waals surface area contributed by atoms with E-state index in [0.717, 1.165) is 34.6 Å². The van der Waals surface area contributed by atoms with Crippen molar-refractivity contribution in [3.63, 3.8) is 0 Å². The molecule has 0 spiro atoms. The first kappa shape index (κ1) is 27.0. The lowest BCUT2D eigenvalue weighted by Crippen LogP contribution is -2.29. The molecule has 5 rings (SSSR count). The van der Waals surface area contributed by atoms with E-state index < -0.39 is 10.0 Å². The van der Waals surface area contributed by atoms with Crippen molar-refractivity contribution in [2.45, 2.75) is 25.9 Å². The van der Waals surface area contributed by atoms with Crippen LogP contribution in [0.1, 0.15) is 34.7 Å². The molecule has 0 bridgehead atoms. The molecule has 1 aliphatic heterocycles. The van der Waals surface area contributed by atoms with E-state index in [0.29, 0.717) is 27.3 Å². The number of hydrogen-bond donors (Lipinski definition) is 2. The highest BCUT2D eigenvalue weighted by molar-refractivity contribution is 7.92. The fourth-order valence-electron chi connectivity index (χ4n) is 5.15. The molecular formula is C28H28ClN5O3S2. The molecule has 11 heteroatoms. The number of methoxy groups -OCH3 is 1. The molecule has 0 amide bonds. The van der Waals surface area contributed by atoms with Crippen LogP contribution in [0, 0.1) is 13.8 Å². The number of halogens is 1. The van der Waals surface area contributed by atoms with Crippen LogP contribution in [-0.4, -0.2) is 36.4 Å². The van der Waals surface area contributed by atoms with E-state index in [9.17, 15) is 8.42 Å². The summed E-state index contributed by atoms with van der Waals surface area (Å²) in [5.74, 6) is 0.404. The second kappa shape index (κ2) is 10.5. The third kappa shape index (κ3) is 5.32. The molecule has 0 radical (unpaired) electrons. The predicted octanol–water partition coefficient (Wildman–Crippen LogP) is 5.70. The molecule has 4 aromatic rings. The van der Waals surface area contributed by atoms with Gasteiger partial charge in [0.1, 0.15) is 5.75 Å². The van der Waals surface area contributed by atoms with Crippen LogP contribution in [0.2, 0.25) is 5.02 Å². The molecule has 2 aromatic carbocycles. The largest absolute Gasteiger partial charge is 0.495 e. The lowest BCUT2D eigenvalue weighted by Gasteiger charge is -2.29. The standard InChI is InChI=1S/C28H28ClN5O3S2/c1-17-15-22(18(2)33(17)20-10-8-19(29)9-11-20)27-26(23-7-5-6-14-30-23)31-28(38)34(27)21-12-13-25(37-3)24(16-21)32-39(4,35)36/h5-16,26-27,32H,1-4H3,(H,31,38)/t26-,27+/m1/s1. The number of aryl methyl sites for hydroxylation is 1. The second-order valence-corrected chi connectivity index (χ2v) is 12.0. The maximum atomic E-state index is 12.1. The quantitative estimate of drug-likeness (QED) is 0.271. The van der Waals surface area contributed by atoms with E-state index in [1.54, 1.807) is 18.3 Å². The fourth-order valence-corrected chi connectivity index (χ4v) is 6.18. The zero-order valence-corrected chi connectivity index (χ0v) is 24.2. The van der Waals surface area contributed by atoms with E-state index in [-0.39, 0.29) is 12.1 Å². The highest BCUT2D eigenvalue weighted by atomic mass is 35.5. The maximum Gasteiger partial charge on any atom is 0.229 e. The Morgan fingerprint density at radius 3 is 2.41 bits per heavy atom. The molecule has 0 aliphatic carbocycles. The lowest BCUT2D eigenvalue weighted by molar-refractivity contribution is 0.417. The first-order chi connectivity index (χ1) is 18.6. The van der Waals surface area contributed by atoms with Gasteiger partial charge in [-0.25, -0.2) is 8.42 Å². The maximum absolute atomic E-state index is 12.1. The summed E-state index contributed by atoms with van der Waals surface area (Å²) in [6.07, 6.45) is 2.87. The number of rotatable bonds is 7. The first-order valence-electron chi connectivity index (χ1n) is 12.2. The van der Waals surface area contributed by atoms with Crippen molar-refractivity contribution in [2.75, 3.05) is 23.0 Å². The highest BCUT2D eigenvalue weighted by Gasteiger charge is 2.42. The number of nitrogens with zero attached hydrogens (tertiary/aromatic N) is 3. The normalized spacial score (nSPS) is 17.3. The van der Waals surface area contributed by atoms with Crippen molar-refractivity contribution in [1.29, 1.82) is 0 Å². The molecule has 2 atom stereocenters. The van der Waals surface area contributed by atoms with E-state index in [2.05, 4.69) is 39.5 Å². The molecule has 1 aliphatic rings. The Morgan fingerprint density at radius 2 is 1.77 bits per heavy atom. The number of sulfonamides is 1. The molecular weight excluding hydrogens is 554 g/mol. The summed E-state index contributed by atoms with van der Waals surface area (Å²) in [6.45, 7) is 4.14. The Hall–Kier alpha value is -3.60. The van der Waals surface area contributed by atoms with Gasteiger partial charge in [0.2, 0.25) is 10.0 Å². The van der Waals surface area contributed by atoms with Gasteiger partial charge in [0.05, 0.1) is 36.8 Å². The van der Waals surface area contributed by atoms with E-state index >= 15 is 0 Å². The van der Waals surface area contributed by atoms with Gasteiger partial charge in [-0.3, -0.25) is 9.71 Å². The van der Waals surface area contributed by atoms with E-state index in [1.807, 2.05) is 53.4 Å². The number of thiocarbonyl (C=S) groups is 1. The van der Waals surface area contributed by atoms with Crippen molar-refractivity contribution in [2.24, 2.45) is 0 Å². The van der Waals surface area contributed by atoms with Crippen LogP contribution in [0.25, 0.3) is 5.69 Å². The minimum atomic E-state index is -3.55. The predicted molar refractivity (Wildman–Crippen MR) is 160 cm³/mol. The van der Waals surface area contributed by atoms with Gasteiger partial charge >= 0.3 is 0 Å². The van der Waals surface area contributed by atoms with Gasteiger partial charge in [-0.05, 0) is 92.3 Å². The summed E-state index contributed by atoms with van der Waals surface area (Å²) in [7, 11) is -2.05. The van der Waals surface area contributed by atoms with Crippen molar-refractivity contribution in [3.8, 4) is 11.4 Å². The number of anilines is 2. The molecule has 8 nitrogen and oxygen atoms in total. The molecule has 0 saturated carbocycles. The van der Waals surface area contributed by atoms with E-state index in [4.69, 9.17) is 28.6 Å². The van der Waals surface area contributed by atoms with Crippen molar-refractivity contribution in [1.82, 2.24) is 14.9 Å². The van der Waals surface area contributed by atoms with Crippen LogP contribution in [0.3, 0.4) is 0 Å². The third-order valence-electron chi connectivity index (χ3n) is 6.73. The number of nitrogens with one attached hydrogen (secondary N) is 2. The zero-order chi connectivity index (χ0) is 27.9. The third-order valence-corrected chi connectivity index (χ3v) is 7.89. The van der Waals surface area contributed by atoms with Crippen molar-refractivity contribution in [3.05, 3.63) is 101 Å². The monoisotopic (exact) mass is 581 g/mol. The number of hydrogen-bond acceptors (Lipinski definition) is 5. The topological polar surface area (TPSA) is 88.5 Å². The SMILES string of the molecule is COc1ccc(N2C(=S)N[C@H](c3ccccn3)[C@@H]2c2cc(C)n(-c3ccc(Cl)cc3)c2C)cc1NS(C)(=O)=O. The Bertz CT molecular complexity index is 1640. The zero-order valence-electron chi connectivity index (χ0n) is 21.8. The van der Waals surface area contributed by atoms with Crippen molar-refractivity contribution < 1.29 is 13.2 Å². The summed E-state index contributed by atoms with van der Waals surface area (Å²) < 4.78 is 34.3. The summed E-state index contributed by atoms with van der Waals surface area (Å²) in [4.78, 5) is 6.65. The Kier molecular flexibility index (Phi) is 7.28. The summed E-state index contributed by atoms with van der Waals surface area (Å²) >= 11 is 12.0. The van der Waals surface area contributed by atoms with Crippen molar-refractivity contribution >= 4 is 50.3 Å². The van der Waals surface area contributed by atoms with Crippen LogP contribution in [0.5, 0.6) is 5.75 Å². The molecule has 202 valence electrons. The van der Waals surface area contributed by atoms with Gasteiger partial charge in [0.25, 0.3) is 0 Å². The fraction of sp³-hybridized carbons (Fsp3) is 0.214. The summed E-state index contributed by atoms with van der Waals surface area (Å²) in [5, 5.41) is 4.64. The Balaban J connectivity index is 1.68. The summed E-state index contributed by atoms with van der Waals surface area (Å²) in [5.41, 5.74) is 6.02. The van der Waals surface area contributed by atoms with Gasteiger partial charge in [-0.2, -0.15) is 0 Å². The van der Waals surface area contributed by atoms with Gasteiger partial charge in [0, 0.05) is 34.0 Å². The van der Waals surface area contributed by atoms with Gasteiger partial charge in [-0.1, -0.05) is 17.7 Å². The van der Waals surface area contributed by atoms with Crippen LogP contribution >= 0.6 is 23.8 Å². The Labute approximate surface area is 238 Å². The molecule has 1 fully saturated rings. The summed E-state index contributed by atoms with van der Waals surface area (Å²) in [6, 6.07) is 20.5. The molecule has 1 saturated heterocycles. The van der Waals surface area contributed by atoms with Gasteiger partial charge < -0.3 is 19.5 Å². The molecule has 2 aromatic heterocycles. The minimum absolute atomic E-state index is 0.258. The average molecular weight is 582 g/mol. The first-order valence-corrected chi connectivity index (χ1v) is 14.9. The minimum Gasteiger partial charge on any atom is -0.495 e. The molecule has 2 N–H and O–H groups in total. The van der Waals surface area contributed by atoms with Crippen LogP contribution in [-0.2, 0) is 10.0 Å².